The standard InChI is InChI=1S/C12H12FNO3/c1-2-10(11(12(16)17)14-7-15)8-4-3-5-9(13)6-8/h3-7H,2H2,1H3,(H,14,15)(H,16,17). The van der Waals surface area contributed by atoms with Crippen molar-refractivity contribution in [1.29, 1.82) is 0 Å². The molecule has 1 rings (SSSR count). The number of carboxylic acids is 1. The van der Waals surface area contributed by atoms with E-state index >= 15 is 0 Å². The maximum absolute atomic E-state index is 13.1. The van der Waals surface area contributed by atoms with Crippen molar-refractivity contribution >= 4 is 18.0 Å². The van der Waals surface area contributed by atoms with Crippen LogP contribution in [0.4, 0.5) is 4.39 Å². The fourth-order valence-corrected chi connectivity index (χ4v) is 1.54. The van der Waals surface area contributed by atoms with Crippen LogP contribution in [0.25, 0.3) is 5.57 Å². The van der Waals surface area contributed by atoms with Crippen LogP contribution < -0.4 is 5.32 Å². The van der Waals surface area contributed by atoms with Gasteiger partial charge in [0.05, 0.1) is 0 Å². The molecule has 0 saturated carbocycles. The van der Waals surface area contributed by atoms with Crippen LogP contribution in [0, 0.1) is 5.82 Å². The van der Waals surface area contributed by atoms with Crippen LogP contribution in [0.15, 0.2) is 30.0 Å². The van der Waals surface area contributed by atoms with Gasteiger partial charge in [-0.25, -0.2) is 9.18 Å². The minimum Gasteiger partial charge on any atom is -0.477 e. The lowest BCUT2D eigenvalue weighted by molar-refractivity contribution is -0.133. The van der Waals surface area contributed by atoms with Crippen LogP contribution >= 0.6 is 0 Å². The van der Waals surface area contributed by atoms with Crippen molar-refractivity contribution in [2.24, 2.45) is 0 Å². The lowest BCUT2D eigenvalue weighted by Crippen LogP contribution is -2.20. The molecule has 90 valence electrons. The van der Waals surface area contributed by atoms with Crippen molar-refractivity contribution in [3.8, 4) is 0 Å². The first-order chi connectivity index (χ1) is 8.10. The minimum atomic E-state index is -1.25. The van der Waals surface area contributed by atoms with Gasteiger partial charge in [0.1, 0.15) is 11.5 Å². The molecule has 0 unspecified atom stereocenters. The number of carbonyl (C=O) groups is 2. The number of hydrogen-bond acceptors (Lipinski definition) is 2. The molecule has 0 fully saturated rings. The van der Waals surface area contributed by atoms with Crippen LogP contribution in [0.5, 0.6) is 0 Å². The third-order valence-electron chi connectivity index (χ3n) is 2.25. The summed E-state index contributed by atoms with van der Waals surface area (Å²) < 4.78 is 13.1. The molecule has 0 heterocycles. The number of aliphatic carboxylic acids is 1. The zero-order valence-corrected chi connectivity index (χ0v) is 9.24. The van der Waals surface area contributed by atoms with E-state index in [4.69, 9.17) is 5.11 Å². The maximum Gasteiger partial charge on any atom is 0.352 e. The van der Waals surface area contributed by atoms with E-state index < -0.39 is 11.8 Å². The van der Waals surface area contributed by atoms with E-state index in [1.54, 1.807) is 13.0 Å². The smallest absolute Gasteiger partial charge is 0.352 e. The van der Waals surface area contributed by atoms with Crippen LogP contribution in [0.3, 0.4) is 0 Å². The number of carbonyl (C=O) groups excluding carboxylic acids is 1. The zero-order valence-electron chi connectivity index (χ0n) is 9.24. The summed E-state index contributed by atoms with van der Waals surface area (Å²) in [5.74, 6) is -1.71. The number of benzene rings is 1. The zero-order chi connectivity index (χ0) is 12.8. The molecule has 17 heavy (non-hydrogen) atoms. The fraction of sp³-hybridized carbons (Fsp3) is 0.167. The van der Waals surface area contributed by atoms with Gasteiger partial charge in [0.25, 0.3) is 0 Å². The molecule has 2 N–H and O–H groups in total. The molecule has 1 aromatic carbocycles. The number of nitrogens with one attached hydrogen (secondary N) is 1. The first-order valence-corrected chi connectivity index (χ1v) is 5.02. The lowest BCUT2D eigenvalue weighted by Gasteiger charge is -2.10. The van der Waals surface area contributed by atoms with E-state index in [2.05, 4.69) is 5.32 Å². The molecule has 0 atom stereocenters. The molecule has 0 aliphatic rings. The van der Waals surface area contributed by atoms with Crippen molar-refractivity contribution in [2.45, 2.75) is 13.3 Å². The number of hydrogen-bond donors (Lipinski definition) is 2. The predicted molar refractivity (Wildman–Crippen MR) is 60.4 cm³/mol. The Hall–Kier alpha value is -2.17. The number of carboxylic acid groups (broad SMARTS) is 1. The van der Waals surface area contributed by atoms with Gasteiger partial charge in [-0.05, 0) is 29.7 Å². The Morgan fingerprint density at radius 3 is 2.71 bits per heavy atom. The number of halogens is 1. The summed E-state index contributed by atoms with van der Waals surface area (Å²) in [6, 6.07) is 5.58. The van der Waals surface area contributed by atoms with Gasteiger partial charge in [0.2, 0.25) is 6.41 Å². The summed E-state index contributed by atoms with van der Waals surface area (Å²) >= 11 is 0. The summed E-state index contributed by atoms with van der Waals surface area (Å²) in [5.41, 5.74) is 0.594. The Morgan fingerprint density at radius 2 is 2.24 bits per heavy atom. The summed E-state index contributed by atoms with van der Waals surface area (Å²) in [7, 11) is 0. The highest BCUT2D eigenvalue weighted by molar-refractivity contribution is 5.97. The van der Waals surface area contributed by atoms with Crippen LogP contribution in [0.2, 0.25) is 0 Å². The average Bonchev–Trinajstić information content (AvgIpc) is 2.29. The van der Waals surface area contributed by atoms with Gasteiger partial charge in [-0.15, -0.1) is 0 Å². The maximum atomic E-state index is 13.1. The Balaban J connectivity index is 3.32. The van der Waals surface area contributed by atoms with Crippen LogP contribution in [0.1, 0.15) is 18.9 Å². The normalized spacial score (nSPS) is 11.6. The summed E-state index contributed by atoms with van der Waals surface area (Å²) in [6.07, 6.45) is 0.657. The first-order valence-electron chi connectivity index (χ1n) is 5.02. The van der Waals surface area contributed by atoms with Gasteiger partial charge in [-0.3, -0.25) is 4.79 Å². The van der Waals surface area contributed by atoms with Crippen LogP contribution in [-0.2, 0) is 9.59 Å². The molecule has 0 bridgehead atoms. The highest BCUT2D eigenvalue weighted by Crippen LogP contribution is 2.21. The molecule has 5 heteroatoms. The van der Waals surface area contributed by atoms with Gasteiger partial charge in [0.15, 0.2) is 0 Å². The molecule has 0 spiro atoms. The second-order valence-corrected chi connectivity index (χ2v) is 3.28. The van der Waals surface area contributed by atoms with E-state index in [1.807, 2.05) is 0 Å². The Morgan fingerprint density at radius 1 is 1.53 bits per heavy atom. The molecular formula is C12H12FNO3. The Labute approximate surface area is 97.8 Å². The van der Waals surface area contributed by atoms with Gasteiger partial charge >= 0.3 is 5.97 Å². The molecule has 1 amide bonds. The summed E-state index contributed by atoms with van der Waals surface area (Å²) in [6.45, 7) is 1.73. The monoisotopic (exact) mass is 237 g/mol. The van der Waals surface area contributed by atoms with Crippen molar-refractivity contribution < 1.29 is 19.1 Å². The van der Waals surface area contributed by atoms with E-state index in [-0.39, 0.29) is 5.70 Å². The quantitative estimate of drug-likeness (QED) is 0.606. The molecule has 0 aliphatic heterocycles. The van der Waals surface area contributed by atoms with Gasteiger partial charge in [-0.2, -0.15) is 0 Å². The third-order valence-corrected chi connectivity index (χ3v) is 2.25. The van der Waals surface area contributed by atoms with E-state index in [0.29, 0.717) is 24.0 Å². The summed E-state index contributed by atoms with van der Waals surface area (Å²) in [5, 5.41) is 11.1. The number of allylic oxidation sites excluding steroid dienone is 1. The number of rotatable bonds is 5. The third kappa shape index (κ3) is 3.14. The van der Waals surface area contributed by atoms with E-state index in [0.717, 1.165) is 0 Å². The molecular weight excluding hydrogens is 225 g/mol. The van der Waals surface area contributed by atoms with Crippen molar-refractivity contribution in [1.82, 2.24) is 5.32 Å². The molecule has 1 aromatic rings. The summed E-state index contributed by atoms with van der Waals surface area (Å²) in [4.78, 5) is 21.3. The SMILES string of the molecule is CCC(=C(NC=O)C(=O)O)c1cccc(F)c1. The van der Waals surface area contributed by atoms with E-state index in [9.17, 15) is 14.0 Å². The Bertz CT molecular complexity index is 469. The molecule has 0 aliphatic carbocycles. The minimum absolute atomic E-state index is 0.229. The van der Waals surface area contributed by atoms with Gasteiger partial charge in [0, 0.05) is 0 Å². The second kappa shape index (κ2) is 5.79. The highest BCUT2D eigenvalue weighted by atomic mass is 19.1. The predicted octanol–water partition coefficient (Wildman–Crippen LogP) is 1.78. The van der Waals surface area contributed by atoms with Crippen molar-refractivity contribution in [2.75, 3.05) is 0 Å². The van der Waals surface area contributed by atoms with Gasteiger partial charge < -0.3 is 10.4 Å². The highest BCUT2D eigenvalue weighted by Gasteiger charge is 2.14. The fourth-order valence-electron chi connectivity index (χ4n) is 1.54. The molecule has 4 nitrogen and oxygen atoms in total. The van der Waals surface area contributed by atoms with Crippen molar-refractivity contribution in [3.05, 3.63) is 41.3 Å². The largest absolute Gasteiger partial charge is 0.477 e. The molecule has 0 aromatic heterocycles. The van der Waals surface area contributed by atoms with E-state index in [1.165, 1.54) is 18.2 Å². The molecule has 0 saturated heterocycles. The number of amides is 1. The van der Waals surface area contributed by atoms with Gasteiger partial charge in [-0.1, -0.05) is 19.1 Å². The Kier molecular flexibility index (Phi) is 4.39. The van der Waals surface area contributed by atoms with Crippen molar-refractivity contribution in [3.63, 3.8) is 0 Å². The topological polar surface area (TPSA) is 66.4 Å². The van der Waals surface area contributed by atoms with Crippen LogP contribution in [-0.4, -0.2) is 17.5 Å². The first kappa shape index (κ1) is 12.9. The lowest BCUT2D eigenvalue weighted by atomic mass is 10.0. The average molecular weight is 237 g/mol. The second-order valence-electron chi connectivity index (χ2n) is 3.28. The molecule has 0 radical (unpaired) electrons.